The Kier molecular flexibility index (Phi) is 3.30. The second-order valence-corrected chi connectivity index (χ2v) is 5.44. The van der Waals surface area contributed by atoms with Crippen molar-refractivity contribution in [3.63, 3.8) is 0 Å². The van der Waals surface area contributed by atoms with Crippen LogP contribution in [0.4, 0.5) is 5.69 Å². The maximum atomic E-state index is 3.25. The number of hydrogen-bond acceptors (Lipinski definition) is 2. The maximum absolute atomic E-state index is 3.25. The van der Waals surface area contributed by atoms with Crippen LogP contribution >= 0.6 is 0 Å². The number of rotatable bonds is 2. The van der Waals surface area contributed by atoms with Gasteiger partial charge in [0.05, 0.1) is 0 Å². The van der Waals surface area contributed by atoms with E-state index in [1.165, 1.54) is 16.9 Å². The summed E-state index contributed by atoms with van der Waals surface area (Å²) in [5, 5.41) is 0. The molecule has 0 bridgehead atoms. The quantitative estimate of drug-likeness (QED) is 0.891. The van der Waals surface area contributed by atoms with Crippen LogP contribution in [0.1, 0.15) is 6.92 Å². The van der Waals surface area contributed by atoms with Gasteiger partial charge in [-0.3, -0.25) is 0 Å². The van der Waals surface area contributed by atoms with Crippen LogP contribution < -0.4 is 4.90 Å². The first-order chi connectivity index (χ1) is 9.24. The van der Waals surface area contributed by atoms with E-state index in [2.05, 4.69) is 59.1 Å². The first-order valence-electron chi connectivity index (χ1n) is 6.93. The third-order valence-corrected chi connectivity index (χ3v) is 3.94. The van der Waals surface area contributed by atoms with Crippen molar-refractivity contribution in [1.29, 1.82) is 0 Å². The van der Waals surface area contributed by atoms with Gasteiger partial charge >= 0.3 is 0 Å². The van der Waals surface area contributed by atoms with Crippen LogP contribution in [0.2, 0.25) is 0 Å². The molecule has 1 atom stereocenters. The third-order valence-electron chi connectivity index (χ3n) is 3.94. The Balaban J connectivity index is 1.79. The average Bonchev–Trinajstić information content (AvgIpc) is 2.93. The smallest absolute Gasteiger partial charge is 0.0453 e. The molecule has 1 aliphatic rings. The summed E-state index contributed by atoms with van der Waals surface area (Å²) < 4.78 is 0. The summed E-state index contributed by atoms with van der Waals surface area (Å²) in [6.45, 7) is 5.69. The first kappa shape index (κ1) is 12.3. The standard InChI is InChI=1S/C16H21N3/c1-13-12-18(2)10-11-19(13)15-7-5-14(6-8-15)16-4-3-9-17-16/h3-9,13,17H,10-12H2,1-2H3. The third kappa shape index (κ3) is 2.51. The minimum Gasteiger partial charge on any atom is -0.366 e. The fraction of sp³-hybridized carbons (Fsp3) is 0.375. The van der Waals surface area contributed by atoms with Crippen molar-refractivity contribution in [1.82, 2.24) is 9.88 Å². The number of nitrogens with zero attached hydrogens (tertiary/aromatic N) is 2. The molecular formula is C16H21N3. The van der Waals surface area contributed by atoms with Gasteiger partial charge < -0.3 is 14.8 Å². The molecule has 1 unspecified atom stereocenters. The van der Waals surface area contributed by atoms with E-state index in [1.807, 2.05) is 12.3 Å². The number of aromatic amines is 1. The van der Waals surface area contributed by atoms with Gasteiger partial charge in [-0.1, -0.05) is 12.1 Å². The molecule has 1 aromatic carbocycles. The fourth-order valence-corrected chi connectivity index (χ4v) is 2.87. The highest BCUT2D eigenvalue weighted by Crippen LogP contribution is 2.24. The molecular weight excluding hydrogens is 234 g/mol. The molecule has 3 heteroatoms. The van der Waals surface area contributed by atoms with E-state index in [4.69, 9.17) is 0 Å². The van der Waals surface area contributed by atoms with Gasteiger partial charge in [-0.25, -0.2) is 0 Å². The van der Waals surface area contributed by atoms with Crippen molar-refractivity contribution < 1.29 is 0 Å². The zero-order valence-electron chi connectivity index (χ0n) is 11.6. The molecule has 2 aromatic rings. The van der Waals surface area contributed by atoms with Crippen molar-refractivity contribution in [2.45, 2.75) is 13.0 Å². The van der Waals surface area contributed by atoms with Crippen LogP contribution in [-0.2, 0) is 0 Å². The van der Waals surface area contributed by atoms with E-state index in [0.29, 0.717) is 6.04 Å². The normalized spacial score (nSPS) is 20.7. The van der Waals surface area contributed by atoms with Gasteiger partial charge in [-0.05, 0) is 43.8 Å². The lowest BCUT2D eigenvalue weighted by Crippen LogP contribution is -2.50. The van der Waals surface area contributed by atoms with Gasteiger partial charge in [0, 0.05) is 43.3 Å². The minimum atomic E-state index is 0.579. The molecule has 0 radical (unpaired) electrons. The number of nitrogens with one attached hydrogen (secondary N) is 1. The number of aromatic nitrogens is 1. The largest absolute Gasteiger partial charge is 0.366 e. The van der Waals surface area contributed by atoms with Crippen LogP contribution in [0.15, 0.2) is 42.6 Å². The highest BCUT2D eigenvalue weighted by atomic mass is 15.3. The van der Waals surface area contributed by atoms with Crippen LogP contribution in [-0.4, -0.2) is 42.6 Å². The van der Waals surface area contributed by atoms with E-state index in [1.54, 1.807) is 0 Å². The molecule has 3 rings (SSSR count). The lowest BCUT2D eigenvalue weighted by Gasteiger charge is -2.39. The second kappa shape index (κ2) is 5.10. The zero-order valence-corrected chi connectivity index (χ0v) is 11.6. The first-order valence-corrected chi connectivity index (χ1v) is 6.93. The zero-order chi connectivity index (χ0) is 13.2. The highest BCUT2D eigenvalue weighted by molar-refractivity contribution is 5.63. The number of hydrogen-bond donors (Lipinski definition) is 1. The summed E-state index contributed by atoms with van der Waals surface area (Å²) in [5.74, 6) is 0. The fourth-order valence-electron chi connectivity index (χ4n) is 2.87. The van der Waals surface area contributed by atoms with E-state index >= 15 is 0 Å². The van der Waals surface area contributed by atoms with Crippen molar-refractivity contribution in [3.8, 4) is 11.3 Å². The Morgan fingerprint density at radius 3 is 2.53 bits per heavy atom. The van der Waals surface area contributed by atoms with Gasteiger partial charge in [-0.15, -0.1) is 0 Å². The number of anilines is 1. The number of benzene rings is 1. The Morgan fingerprint density at radius 2 is 1.89 bits per heavy atom. The molecule has 0 saturated carbocycles. The van der Waals surface area contributed by atoms with E-state index < -0.39 is 0 Å². The van der Waals surface area contributed by atoms with Crippen molar-refractivity contribution in [2.24, 2.45) is 0 Å². The molecule has 3 nitrogen and oxygen atoms in total. The summed E-state index contributed by atoms with van der Waals surface area (Å²) >= 11 is 0. The maximum Gasteiger partial charge on any atom is 0.0453 e. The molecule has 2 heterocycles. The van der Waals surface area contributed by atoms with Crippen molar-refractivity contribution in [2.75, 3.05) is 31.6 Å². The number of likely N-dealkylation sites (N-methyl/N-ethyl adjacent to an activating group) is 1. The predicted octanol–water partition coefficient (Wildman–Crippen LogP) is 2.82. The molecule has 1 aliphatic heterocycles. The summed E-state index contributed by atoms with van der Waals surface area (Å²) in [6, 6.07) is 13.6. The molecule has 19 heavy (non-hydrogen) atoms. The Labute approximate surface area is 114 Å². The van der Waals surface area contributed by atoms with Gasteiger partial charge in [0.15, 0.2) is 0 Å². The molecule has 0 aliphatic carbocycles. The van der Waals surface area contributed by atoms with Crippen LogP contribution in [0, 0.1) is 0 Å². The van der Waals surface area contributed by atoms with Crippen molar-refractivity contribution in [3.05, 3.63) is 42.6 Å². The van der Waals surface area contributed by atoms with Crippen LogP contribution in [0.25, 0.3) is 11.3 Å². The van der Waals surface area contributed by atoms with Gasteiger partial charge in [0.1, 0.15) is 0 Å². The highest BCUT2D eigenvalue weighted by Gasteiger charge is 2.21. The number of piperazine rings is 1. The molecule has 0 amide bonds. The summed E-state index contributed by atoms with van der Waals surface area (Å²) in [4.78, 5) is 8.14. The number of H-pyrrole nitrogens is 1. The SMILES string of the molecule is CC1CN(C)CCN1c1ccc(-c2ccc[nH]2)cc1. The lowest BCUT2D eigenvalue weighted by atomic mass is 10.1. The molecule has 1 aromatic heterocycles. The monoisotopic (exact) mass is 255 g/mol. The molecule has 1 fully saturated rings. The van der Waals surface area contributed by atoms with Gasteiger partial charge in [0.2, 0.25) is 0 Å². The van der Waals surface area contributed by atoms with E-state index in [0.717, 1.165) is 19.6 Å². The minimum absolute atomic E-state index is 0.579. The Morgan fingerprint density at radius 1 is 1.11 bits per heavy atom. The average molecular weight is 255 g/mol. The predicted molar refractivity (Wildman–Crippen MR) is 80.5 cm³/mol. The lowest BCUT2D eigenvalue weighted by molar-refractivity contribution is 0.275. The molecule has 1 N–H and O–H groups in total. The summed E-state index contributed by atoms with van der Waals surface area (Å²) in [6.07, 6.45) is 1.96. The van der Waals surface area contributed by atoms with Gasteiger partial charge in [0.25, 0.3) is 0 Å². The molecule has 0 spiro atoms. The molecule has 1 saturated heterocycles. The Hall–Kier alpha value is -1.74. The summed E-state index contributed by atoms with van der Waals surface area (Å²) in [7, 11) is 2.20. The Bertz CT molecular complexity index is 515. The van der Waals surface area contributed by atoms with Crippen LogP contribution in [0.3, 0.4) is 0 Å². The summed E-state index contributed by atoms with van der Waals surface area (Å²) in [5.41, 5.74) is 3.75. The van der Waals surface area contributed by atoms with Crippen LogP contribution in [0.5, 0.6) is 0 Å². The van der Waals surface area contributed by atoms with Crippen molar-refractivity contribution >= 4 is 5.69 Å². The van der Waals surface area contributed by atoms with E-state index in [9.17, 15) is 0 Å². The molecule has 100 valence electrons. The topological polar surface area (TPSA) is 22.3 Å². The second-order valence-electron chi connectivity index (χ2n) is 5.44. The van der Waals surface area contributed by atoms with Gasteiger partial charge in [-0.2, -0.15) is 0 Å². The van der Waals surface area contributed by atoms with E-state index in [-0.39, 0.29) is 0 Å².